The molecule has 0 spiro atoms. The Hall–Kier alpha value is -2.85. The van der Waals surface area contributed by atoms with Crippen molar-refractivity contribution in [1.82, 2.24) is 10.2 Å². The van der Waals surface area contributed by atoms with Crippen LogP contribution in [0.15, 0.2) is 83.5 Å². The molecule has 0 fully saturated rings. The van der Waals surface area contributed by atoms with Crippen LogP contribution in [-0.2, 0) is 24.4 Å². The third-order valence-electron chi connectivity index (χ3n) is 3.91. The molecule has 0 bridgehead atoms. The van der Waals surface area contributed by atoms with Crippen LogP contribution in [0.4, 0.5) is 0 Å². The van der Waals surface area contributed by atoms with Gasteiger partial charge in [0.05, 0.1) is 19.4 Å². The van der Waals surface area contributed by atoms with Crippen LogP contribution in [0.2, 0.25) is 0 Å². The first kappa shape index (κ1) is 17.0. The summed E-state index contributed by atoms with van der Waals surface area (Å²) in [4.78, 5) is 14.4. The minimum absolute atomic E-state index is 0.00587. The quantitative estimate of drug-likeness (QED) is 0.685. The van der Waals surface area contributed by atoms with E-state index >= 15 is 0 Å². The zero-order valence-corrected chi connectivity index (χ0v) is 14.1. The van der Waals surface area contributed by atoms with E-state index < -0.39 is 0 Å². The van der Waals surface area contributed by atoms with Gasteiger partial charge in [-0.05, 0) is 23.3 Å². The fourth-order valence-corrected chi connectivity index (χ4v) is 2.69. The van der Waals surface area contributed by atoms with E-state index in [0.717, 1.165) is 11.3 Å². The highest BCUT2D eigenvalue weighted by Crippen LogP contribution is 2.10. The van der Waals surface area contributed by atoms with Gasteiger partial charge in [0.25, 0.3) is 0 Å². The summed E-state index contributed by atoms with van der Waals surface area (Å²) in [6, 6.07) is 23.9. The molecule has 0 atom stereocenters. The molecule has 25 heavy (non-hydrogen) atoms. The highest BCUT2D eigenvalue weighted by Gasteiger charge is 2.13. The number of furan rings is 1. The van der Waals surface area contributed by atoms with Crippen molar-refractivity contribution >= 4 is 5.91 Å². The van der Waals surface area contributed by atoms with Gasteiger partial charge in [0.2, 0.25) is 5.91 Å². The van der Waals surface area contributed by atoms with Crippen molar-refractivity contribution in [2.45, 2.75) is 19.6 Å². The smallest absolute Gasteiger partial charge is 0.234 e. The number of carbonyl (C=O) groups excluding carboxylic acids is 1. The number of nitrogens with one attached hydrogen (secondary N) is 1. The van der Waals surface area contributed by atoms with E-state index in [1.54, 1.807) is 6.26 Å². The molecule has 2 aromatic carbocycles. The van der Waals surface area contributed by atoms with Crippen LogP contribution in [0.5, 0.6) is 0 Å². The molecule has 0 radical (unpaired) electrons. The normalized spacial score (nSPS) is 10.8. The third kappa shape index (κ3) is 5.62. The fourth-order valence-electron chi connectivity index (χ4n) is 2.69. The third-order valence-corrected chi connectivity index (χ3v) is 3.91. The van der Waals surface area contributed by atoms with Gasteiger partial charge in [0.15, 0.2) is 0 Å². The molecule has 0 unspecified atom stereocenters. The molecule has 0 aliphatic carbocycles. The molecule has 4 heteroatoms. The Bertz CT molecular complexity index is 755. The molecule has 0 aliphatic rings. The summed E-state index contributed by atoms with van der Waals surface area (Å²) < 4.78 is 5.44. The summed E-state index contributed by atoms with van der Waals surface area (Å²) in [5.74, 6) is 0.859. The summed E-state index contributed by atoms with van der Waals surface area (Å²) in [5, 5.41) is 2.98. The van der Waals surface area contributed by atoms with E-state index in [1.807, 2.05) is 60.7 Å². The second kappa shape index (κ2) is 8.85. The van der Waals surface area contributed by atoms with Crippen LogP contribution in [0.1, 0.15) is 16.9 Å². The molecule has 0 saturated carbocycles. The van der Waals surface area contributed by atoms with Gasteiger partial charge in [0, 0.05) is 13.1 Å². The number of carbonyl (C=O) groups is 1. The summed E-state index contributed by atoms with van der Waals surface area (Å²) >= 11 is 0. The average molecular weight is 334 g/mol. The van der Waals surface area contributed by atoms with Crippen molar-refractivity contribution in [2.75, 3.05) is 6.54 Å². The van der Waals surface area contributed by atoms with Gasteiger partial charge in [-0.1, -0.05) is 60.7 Å². The molecular formula is C21H22N2O2. The number of hydrogen-bond donors (Lipinski definition) is 1. The average Bonchev–Trinajstić information content (AvgIpc) is 3.15. The number of hydrogen-bond acceptors (Lipinski definition) is 3. The molecule has 0 aliphatic heterocycles. The van der Waals surface area contributed by atoms with Crippen molar-refractivity contribution in [3.05, 3.63) is 95.9 Å². The molecule has 0 saturated heterocycles. The first-order valence-corrected chi connectivity index (χ1v) is 8.39. The Morgan fingerprint density at radius 2 is 1.52 bits per heavy atom. The number of amides is 1. The number of nitrogens with zero attached hydrogens (tertiary/aromatic N) is 1. The molecule has 1 heterocycles. The highest BCUT2D eigenvalue weighted by atomic mass is 16.3. The lowest BCUT2D eigenvalue weighted by Crippen LogP contribution is -2.36. The standard InChI is InChI=1S/C21H22N2O2/c24-21(22-14-18-8-3-1-4-9-18)17-23(16-20-12-7-13-25-20)15-19-10-5-2-6-11-19/h1-13H,14-17H2,(H,22,24). The number of rotatable bonds is 8. The highest BCUT2D eigenvalue weighted by molar-refractivity contribution is 5.78. The van der Waals surface area contributed by atoms with E-state index in [9.17, 15) is 4.79 Å². The Kier molecular flexibility index (Phi) is 6.01. The molecule has 128 valence electrons. The maximum atomic E-state index is 12.4. The van der Waals surface area contributed by atoms with Crippen LogP contribution in [0.3, 0.4) is 0 Å². The Balaban J connectivity index is 1.59. The molecule has 1 aromatic heterocycles. The van der Waals surface area contributed by atoms with Crippen molar-refractivity contribution in [3.63, 3.8) is 0 Å². The van der Waals surface area contributed by atoms with E-state index in [2.05, 4.69) is 22.3 Å². The lowest BCUT2D eigenvalue weighted by Gasteiger charge is -2.21. The van der Waals surface area contributed by atoms with Gasteiger partial charge < -0.3 is 9.73 Å². The lowest BCUT2D eigenvalue weighted by atomic mass is 10.2. The largest absolute Gasteiger partial charge is 0.468 e. The zero-order chi connectivity index (χ0) is 17.3. The maximum Gasteiger partial charge on any atom is 0.234 e. The molecule has 3 aromatic rings. The van der Waals surface area contributed by atoms with Crippen molar-refractivity contribution in [1.29, 1.82) is 0 Å². The Labute approximate surface area is 148 Å². The monoisotopic (exact) mass is 334 g/mol. The first-order chi connectivity index (χ1) is 12.3. The molecule has 4 nitrogen and oxygen atoms in total. The van der Waals surface area contributed by atoms with Crippen LogP contribution < -0.4 is 5.32 Å². The Morgan fingerprint density at radius 3 is 2.16 bits per heavy atom. The zero-order valence-electron chi connectivity index (χ0n) is 14.1. The van der Waals surface area contributed by atoms with Crippen LogP contribution in [0, 0.1) is 0 Å². The van der Waals surface area contributed by atoms with Crippen molar-refractivity contribution in [3.8, 4) is 0 Å². The second-order valence-corrected chi connectivity index (χ2v) is 5.97. The predicted octanol–water partition coefficient (Wildman–Crippen LogP) is 3.60. The van der Waals surface area contributed by atoms with E-state index in [0.29, 0.717) is 26.2 Å². The predicted molar refractivity (Wildman–Crippen MR) is 97.6 cm³/mol. The molecule has 1 amide bonds. The van der Waals surface area contributed by atoms with Crippen LogP contribution >= 0.6 is 0 Å². The summed E-state index contributed by atoms with van der Waals surface area (Å²) in [7, 11) is 0. The fraction of sp³-hybridized carbons (Fsp3) is 0.190. The van der Waals surface area contributed by atoms with Crippen molar-refractivity contribution < 1.29 is 9.21 Å². The summed E-state index contributed by atoms with van der Waals surface area (Å²) in [6.07, 6.45) is 1.66. The van der Waals surface area contributed by atoms with Gasteiger partial charge in [-0.25, -0.2) is 0 Å². The van der Waals surface area contributed by atoms with E-state index in [4.69, 9.17) is 4.42 Å². The molecule has 3 rings (SSSR count). The van der Waals surface area contributed by atoms with Crippen LogP contribution in [-0.4, -0.2) is 17.4 Å². The summed E-state index contributed by atoms with van der Waals surface area (Å²) in [5.41, 5.74) is 2.27. The molecular weight excluding hydrogens is 312 g/mol. The van der Waals surface area contributed by atoms with Crippen LogP contribution in [0.25, 0.3) is 0 Å². The van der Waals surface area contributed by atoms with Gasteiger partial charge in [-0.2, -0.15) is 0 Å². The molecule has 1 N–H and O–H groups in total. The minimum atomic E-state index is 0.00587. The SMILES string of the molecule is O=C(CN(Cc1ccccc1)Cc1ccco1)NCc1ccccc1. The van der Waals surface area contributed by atoms with Gasteiger partial charge in [0.1, 0.15) is 5.76 Å². The van der Waals surface area contributed by atoms with Gasteiger partial charge >= 0.3 is 0 Å². The first-order valence-electron chi connectivity index (χ1n) is 8.39. The second-order valence-electron chi connectivity index (χ2n) is 5.97. The number of benzene rings is 2. The topological polar surface area (TPSA) is 45.5 Å². The summed E-state index contributed by atoms with van der Waals surface area (Å²) in [6.45, 7) is 2.16. The van der Waals surface area contributed by atoms with E-state index in [1.165, 1.54) is 5.56 Å². The minimum Gasteiger partial charge on any atom is -0.468 e. The van der Waals surface area contributed by atoms with Crippen molar-refractivity contribution in [2.24, 2.45) is 0 Å². The lowest BCUT2D eigenvalue weighted by molar-refractivity contribution is -0.122. The van der Waals surface area contributed by atoms with E-state index in [-0.39, 0.29) is 5.91 Å². The Morgan fingerprint density at radius 1 is 0.840 bits per heavy atom. The maximum absolute atomic E-state index is 12.4. The van der Waals surface area contributed by atoms with Gasteiger partial charge in [-0.3, -0.25) is 9.69 Å². The van der Waals surface area contributed by atoms with Gasteiger partial charge in [-0.15, -0.1) is 0 Å².